The summed E-state index contributed by atoms with van der Waals surface area (Å²) < 4.78 is 0.981. The number of rotatable bonds is 3. The normalized spacial score (nSPS) is 11.9. The smallest absolute Gasteiger partial charge is 0.179 e. The molecule has 0 aliphatic carbocycles. The van der Waals surface area contributed by atoms with Crippen molar-refractivity contribution in [3.63, 3.8) is 0 Å². The molecule has 0 amide bonds. The predicted molar refractivity (Wildman–Crippen MR) is 63.2 cm³/mol. The average Bonchev–Trinajstić information content (AvgIpc) is 2.72. The van der Waals surface area contributed by atoms with Crippen LogP contribution in [0.3, 0.4) is 0 Å². The third kappa shape index (κ3) is 1.73. The van der Waals surface area contributed by atoms with Gasteiger partial charge in [0.05, 0.1) is 16.3 Å². The number of aromatic nitrogens is 1. The van der Waals surface area contributed by atoms with Crippen LogP contribution in [0.2, 0.25) is 0 Å². The SMILES string of the molecule is C=CC(=O)C(C#N)c1nc2ccccc2s1. The quantitative estimate of drug-likeness (QED) is 0.759. The molecule has 1 unspecified atom stereocenters. The Labute approximate surface area is 96.7 Å². The lowest BCUT2D eigenvalue weighted by atomic mass is 10.1. The van der Waals surface area contributed by atoms with Gasteiger partial charge in [-0.15, -0.1) is 11.3 Å². The van der Waals surface area contributed by atoms with Crippen LogP contribution in [0, 0.1) is 11.3 Å². The zero-order chi connectivity index (χ0) is 11.5. The number of thiazole rings is 1. The maximum Gasteiger partial charge on any atom is 0.179 e. The van der Waals surface area contributed by atoms with E-state index in [-0.39, 0.29) is 5.78 Å². The van der Waals surface area contributed by atoms with Crippen LogP contribution in [0.25, 0.3) is 10.2 Å². The molecule has 0 fully saturated rings. The van der Waals surface area contributed by atoms with Gasteiger partial charge in [0.1, 0.15) is 5.01 Å². The van der Waals surface area contributed by atoms with Crippen molar-refractivity contribution in [2.75, 3.05) is 0 Å². The summed E-state index contributed by atoms with van der Waals surface area (Å²) in [6, 6.07) is 9.52. The summed E-state index contributed by atoms with van der Waals surface area (Å²) in [5, 5.41) is 9.49. The van der Waals surface area contributed by atoms with Gasteiger partial charge in [-0.05, 0) is 18.2 Å². The number of hydrogen-bond acceptors (Lipinski definition) is 4. The second-order valence-electron chi connectivity index (χ2n) is 3.19. The third-order valence-corrected chi connectivity index (χ3v) is 3.27. The summed E-state index contributed by atoms with van der Waals surface area (Å²) in [7, 11) is 0. The molecule has 0 radical (unpaired) electrons. The van der Waals surface area contributed by atoms with Crippen LogP contribution < -0.4 is 0 Å². The van der Waals surface area contributed by atoms with E-state index >= 15 is 0 Å². The molecule has 2 aromatic rings. The molecule has 3 nitrogen and oxygen atoms in total. The lowest BCUT2D eigenvalue weighted by Gasteiger charge is -1.98. The largest absolute Gasteiger partial charge is 0.293 e. The molecule has 0 N–H and O–H groups in total. The number of nitrogens with zero attached hydrogens (tertiary/aromatic N) is 2. The van der Waals surface area contributed by atoms with E-state index < -0.39 is 5.92 Å². The fourth-order valence-corrected chi connectivity index (χ4v) is 2.39. The molecule has 16 heavy (non-hydrogen) atoms. The number of carbonyl (C=O) groups excluding carboxylic acids is 1. The molecule has 0 spiro atoms. The highest BCUT2D eigenvalue weighted by molar-refractivity contribution is 7.18. The van der Waals surface area contributed by atoms with Gasteiger partial charge in [-0.2, -0.15) is 5.26 Å². The van der Waals surface area contributed by atoms with Crippen molar-refractivity contribution in [2.24, 2.45) is 0 Å². The summed E-state index contributed by atoms with van der Waals surface area (Å²) in [6.45, 7) is 3.39. The first-order valence-corrected chi connectivity index (χ1v) is 5.49. The standard InChI is InChI=1S/C12H8N2OS/c1-2-10(15)8(7-13)12-14-9-5-3-4-6-11(9)16-12/h2-6,8H,1H2. The summed E-state index contributed by atoms with van der Waals surface area (Å²) in [5.74, 6) is -1.13. The molecule has 0 bridgehead atoms. The number of hydrogen-bond donors (Lipinski definition) is 0. The zero-order valence-corrected chi connectivity index (χ0v) is 9.20. The Morgan fingerprint density at radius 3 is 2.94 bits per heavy atom. The van der Waals surface area contributed by atoms with Crippen molar-refractivity contribution < 1.29 is 4.79 Å². The molecule has 0 aliphatic heterocycles. The number of fused-ring (bicyclic) bond motifs is 1. The molecule has 78 valence electrons. The summed E-state index contributed by atoms with van der Waals surface area (Å²) >= 11 is 1.37. The van der Waals surface area contributed by atoms with Gasteiger partial charge < -0.3 is 0 Å². The van der Waals surface area contributed by atoms with Crippen LogP contribution in [0.5, 0.6) is 0 Å². The van der Waals surface area contributed by atoms with Crippen molar-refractivity contribution >= 4 is 27.3 Å². The van der Waals surface area contributed by atoms with E-state index in [9.17, 15) is 4.79 Å². The van der Waals surface area contributed by atoms with Gasteiger partial charge in [0.15, 0.2) is 11.7 Å². The van der Waals surface area contributed by atoms with Gasteiger partial charge in [-0.3, -0.25) is 4.79 Å². The van der Waals surface area contributed by atoms with Gasteiger partial charge in [0.25, 0.3) is 0 Å². The van der Waals surface area contributed by atoms with Crippen LogP contribution in [-0.2, 0) is 4.79 Å². The van der Waals surface area contributed by atoms with Crippen molar-refractivity contribution in [1.82, 2.24) is 4.98 Å². The Balaban J connectivity index is 2.50. The van der Waals surface area contributed by atoms with Crippen LogP contribution in [0.1, 0.15) is 10.9 Å². The van der Waals surface area contributed by atoms with Crippen molar-refractivity contribution in [3.8, 4) is 6.07 Å². The molecule has 1 atom stereocenters. The topological polar surface area (TPSA) is 53.8 Å². The van der Waals surface area contributed by atoms with Crippen molar-refractivity contribution in [3.05, 3.63) is 41.9 Å². The van der Waals surface area contributed by atoms with Gasteiger partial charge in [0, 0.05) is 0 Å². The van der Waals surface area contributed by atoms with Crippen molar-refractivity contribution in [1.29, 1.82) is 5.26 Å². The van der Waals surface area contributed by atoms with E-state index in [2.05, 4.69) is 11.6 Å². The molecule has 2 rings (SSSR count). The van der Waals surface area contributed by atoms with E-state index in [0.29, 0.717) is 5.01 Å². The Morgan fingerprint density at radius 2 is 2.31 bits per heavy atom. The van der Waals surface area contributed by atoms with Crippen LogP contribution in [-0.4, -0.2) is 10.8 Å². The minimum atomic E-state index is -0.824. The number of para-hydroxylation sites is 1. The first kappa shape index (κ1) is 10.5. The number of carbonyl (C=O) groups is 1. The maximum absolute atomic E-state index is 11.4. The average molecular weight is 228 g/mol. The fourth-order valence-electron chi connectivity index (χ4n) is 1.37. The summed E-state index contributed by atoms with van der Waals surface area (Å²) in [5.41, 5.74) is 0.819. The molecule has 1 heterocycles. The van der Waals surface area contributed by atoms with Crippen LogP contribution in [0.4, 0.5) is 0 Å². The zero-order valence-electron chi connectivity index (χ0n) is 8.38. The van der Waals surface area contributed by atoms with Gasteiger partial charge >= 0.3 is 0 Å². The van der Waals surface area contributed by atoms with E-state index in [4.69, 9.17) is 5.26 Å². The monoisotopic (exact) mass is 228 g/mol. The maximum atomic E-state index is 11.4. The molecule has 4 heteroatoms. The second-order valence-corrected chi connectivity index (χ2v) is 4.25. The highest BCUT2D eigenvalue weighted by Gasteiger charge is 2.21. The Bertz CT molecular complexity index is 561. The van der Waals surface area contributed by atoms with Crippen LogP contribution in [0.15, 0.2) is 36.9 Å². The Morgan fingerprint density at radius 1 is 1.56 bits per heavy atom. The van der Waals surface area contributed by atoms with E-state index in [1.54, 1.807) is 0 Å². The molecule has 1 aromatic heterocycles. The fraction of sp³-hybridized carbons (Fsp3) is 0.0833. The van der Waals surface area contributed by atoms with Crippen molar-refractivity contribution in [2.45, 2.75) is 5.92 Å². The molecule has 0 saturated heterocycles. The number of allylic oxidation sites excluding steroid dienone is 1. The minimum absolute atomic E-state index is 0.304. The molecular formula is C12H8N2OS. The molecule has 1 aromatic carbocycles. The first-order valence-electron chi connectivity index (χ1n) is 4.67. The predicted octanol–water partition coefficient (Wildman–Crippen LogP) is 2.66. The highest BCUT2D eigenvalue weighted by atomic mass is 32.1. The number of benzene rings is 1. The second kappa shape index (κ2) is 4.25. The highest BCUT2D eigenvalue weighted by Crippen LogP contribution is 2.27. The Kier molecular flexibility index (Phi) is 2.80. The third-order valence-electron chi connectivity index (χ3n) is 2.17. The van der Waals surface area contributed by atoms with E-state index in [1.165, 1.54) is 17.4 Å². The number of ketones is 1. The molecule has 0 saturated carbocycles. The lowest BCUT2D eigenvalue weighted by molar-refractivity contribution is -0.114. The lowest BCUT2D eigenvalue weighted by Crippen LogP contribution is -2.06. The minimum Gasteiger partial charge on any atom is -0.293 e. The van der Waals surface area contributed by atoms with Gasteiger partial charge in [-0.25, -0.2) is 4.98 Å². The number of nitriles is 1. The Hall–Kier alpha value is -1.99. The summed E-state index contributed by atoms with van der Waals surface area (Å²) in [6.07, 6.45) is 1.17. The first-order chi connectivity index (χ1) is 7.76. The van der Waals surface area contributed by atoms with E-state index in [1.807, 2.05) is 30.3 Å². The summed E-state index contributed by atoms with van der Waals surface area (Å²) in [4.78, 5) is 15.7. The molecular weight excluding hydrogens is 220 g/mol. The van der Waals surface area contributed by atoms with Gasteiger partial charge in [-0.1, -0.05) is 18.7 Å². The molecule has 0 aliphatic rings. The van der Waals surface area contributed by atoms with E-state index in [0.717, 1.165) is 10.2 Å². The van der Waals surface area contributed by atoms with Crippen LogP contribution >= 0.6 is 11.3 Å². The van der Waals surface area contributed by atoms with Gasteiger partial charge in [0.2, 0.25) is 0 Å².